The number of aryl methyl sites for hydroxylation is 1. The first kappa shape index (κ1) is 15.0. The third-order valence-corrected chi connectivity index (χ3v) is 2.92. The van der Waals surface area contributed by atoms with Crippen LogP contribution < -0.4 is 15.4 Å². The quantitative estimate of drug-likeness (QED) is 0.853. The lowest BCUT2D eigenvalue weighted by molar-refractivity contribution is -0.115. The topological polar surface area (TPSA) is 63.2 Å². The van der Waals surface area contributed by atoms with Crippen LogP contribution >= 0.6 is 0 Å². The van der Waals surface area contributed by atoms with E-state index in [1.165, 1.54) is 0 Å². The number of nitrogens with zero attached hydrogens (tertiary/aromatic N) is 1. The number of benzene rings is 1. The second-order valence-corrected chi connectivity index (χ2v) is 4.73. The highest BCUT2D eigenvalue weighted by molar-refractivity contribution is 5.92. The molecule has 0 fully saturated rings. The summed E-state index contributed by atoms with van der Waals surface area (Å²) in [6, 6.07) is 11.4. The number of amides is 1. The number of anilines is 1. The molecule has 1 aromatic heterocycles. The van der Waals surface area contributed by atoms with Crippen molar-refractivity contribution >= 4 is 11.6 Å². The Morgan fingerprint density at radius 2 is 2.14 bits per heavy atom. The monoisotopic (exact) mass is 285 g/mol. The molecule has 21 heavy (non-hydrogen) atoms. The number of carbonyl (C=O) groups is 1. The summed E-state index contributed by atoms with van der Waals surface area (Å²) in [4.78, 5) is 15.9. The summed E-state index contributed by atoms with van der Waals surface area (Å²) in [6.45, 7) is 2.82. The molecular weight excluding hydrogens is 266 g/mol. The lowest BCUT2D eigenvalue weighted by Crippen LogP contribution is -2.27. The Hall–Kier alpha value is -2.40. The number of rotatable bonds is 6. The van der Waals surface area contributed by atoms with Crippen molar-refractivity contribution in [2.75, 3.05) is 19.0 Å². The predicted molar refractivity (Wildman–Crippen MR) is 82.3 cm³/mol. The van der Waals surface area contributed by atoms with Crippen LogP contribution in [0.4, 0.5) is 5.69 Å². The van der Waals surface area contributed by atoms with Gasteiger partial charge in [0.1, 0.15) is 0 Å². The van der Waals surface area contributed by atoms with Crippen LogP contribution in [0.2, 0.25) is 0 Å². The van der Waals surface area contributed by atoms with Gasteiger partial charge in [0, 0.05) is 24.5 Å². The zero-order valence-electron chi connectivity index (χ0n) is 12.2. The van der Waals surface area contributed by atoms with Crippen molar-refractivity contribution in [3.05, 3.63) is 53.7 Å². The van der Waals surface area contributed by atoms with Crippen molar-refractivity contribution in [3.8, 4) is 5.88 Å². The Morgan fingerprint density at radius 1 is 1.29 bits per heavy atom. The molecule has 110 valence electrons. The summed E-state index contributed by atoms with van der Waals surface area (Å²) >= 11 is 0. The number of carbonyl (C=O) groups excluding carboxylic acids is 1. The standard InChI is InChI=1S/C16H19N3O2/c1-12-4-3-5-14(8-12)19-15(20)11-17-9-13-6-7-16(21-2)18-10-13/h3-8,10,17H,9,11H2,1-2H3,(H,19,20). The van der Waals surface area contributed by atoms with Gasteiger partial charge in [-0.05, 0) is 30.2 Å². The van der Waals surface area contributed by atoms with E-state index >= 15 is 0 Å². The minimum Gasteiger partial charge on any atom is -0.481 e. The molecule has 1 heterocycles. The van der Waals surface area contributed by atoms with E-state index in [1.54, 1.807) is 19.4 Å². The Balaban J connectivity index is 1.76. The van der Waals surface area contributed by atoms with Crippen LogP contribution in [0, 0.1) is 6.92 Å². The SMILES string of the molecule is COc1ccc(CNCC(=O)Nc2cccc(C)c2)cn1. The van der Waals surface area contributed by atoms with E-state index in [9.17, 15) is 4.79 Å². The number of hydrogen-bond acceptors (Lipinski definition) is 4. The molecule has 1 amide bonds. The van der Waals surface area contributed by atoms with Gasteiger partial charge in [0.25, 0.3) is 0 Å². The zero-order chi connectivity index (χ0) is 15.1. The molecule has 0 aliphatic rings. The summed E-state index contributed by atoms with van der Waals surface area (Å²) < 4.78 is 4.99. The second kappa shape index (κ2) is 7.40. The van der Waals surface area contributed by atoms with Crippen LogP contribution in [0.5, 0.6) is 5.88 Å². The maximum atomic E-state index is 11.8. The number of methoxy groups -OCH3 is 1. The Labute approximate surface area is 124 Å². The van der Waals surface area contributed by atoms with E-state index in [-0.39, 0.29) is 12.5 Å². The van der Waals surface area contributed by atoms with Crippen LogP contribution in [0.15, 0.2) is 42.6 Å². The fourth-order valence-corrected chi connectivity index (χ4v) is 1.88. The summed E-state index contributed by atoms with van der Waals surface area (Å²) in [7, 11) is 1.58. The molecule has 2 aromatic rings. The van der Waals surface area contributed by atoms with Crippen molar-refractivity contribution < 1.29 is 9.53 Å². The molecule has 0 bridgehead atoms. The summed E-state index contributed by atoms with van der Waals surface area (Å²) in [6.07, 6.45) is 1.73. The highest BCUT2D eigenvalue weighted by atomic mass is 16.5. The van der Waals surface area contributed by atoms with Crippen molar-refractivity contribution in [2.24, 2.45) is 0 Å². The van der Waals surface area contributed by atoms with E-state index in [0.29, 0.717) is 12.4 Å². The average molecular weight is 285 g/mol. The van der Waals surface area contributed by atoms with Gasteiger partial charge < -0.3 is 15.4 Å². The van der Waals surface area contributed by atoms with Crippen LogP contribution in [0.25, 0.3) is 0 Å². The number of hydrogen-bond donors (Lipinski definition) is 2. The van der Waals surface area contributed by atoms with Crippen molar-refractivity contribution in [2.45, 2.75) is 13.5 Å². The van der Waals surface area contributed by atoms with Gasteiger partial charge in [0.15, 0.2) is 0 Å². The summed E-state index contributed by atoms with van der Waals surface area (Å²) in [5, 5.41) is 5.93. The maximum Gasteiger partial charge on any atom is 0.238 e. The first-order valence-corrected chi connectivity index (χ1v) is 6.73. The highest BCUT2D eigenvalue weighted by Crippen LogP contribution is 2.09. The van der Waals surface area contributed by atoms with E-state index in [4.69, 9.17) is 4.74 Å². The van der Waals surface area contributed by atoms with Crippen molar-refractivity contribution in [3.63, 3.8) is 0 Å². The Bertz CT molecular complexity index is 597. The molecule has 0 radical (unpaired) electrons. The molecule has 0 saturated carbocycles. The molecule has 0 aliphatic carbocycles. The van der Waals surface area contributed by atoms with Crippen LogP contribution in [-0.4, -0.2) is 24.5 Å². The molecule has 0 saturated heterocycles. The van der Waals surface area contributed by atoms with E-state index in [1.807, 2.05) is 37.3 Å². The molecule has 0 aliphatic heterocycles. The minimum absolute atomic E-state index is 0.0675. The van der Waals surface area contributed by atoms with Gasteiger partial charge in [-0.1, -0.05) is 18.2 Å². The lowest BCUT2D eigenvalue weighted by Gasteiger charge is -2.07. The molecule has 2 N–H and O–H groups in total. The molecule has 0 spiro atoms. The smallest absolute Gasteiger partial charge is 0.238 e. The Morgan fingerprint density at radius 3 is 2.81 bits per heavy atom. The van der Waals surface area contributed by atoms with Gasteiger partial charge in [0.2, 0.25) is 11.8 Å². The number of nitrogens with one attached hydrogen (secondary N) is 2. The normalized spacial score (nSPS) is 10.2. The van der Waals surface area contributed by atoms with E-state index in [2.05, 4.69) is 15.6 Å². The van der Waals surface area contributed by atoms with E-state index in [0.717, 1.165) is 16.8 Å². The van der Waals surface area contributed by atoms with Gasteiger partial charge in [-0.25, -0.2) is 4.98 Å². The van der Waals surface area contributed by atoms with Gasteiger partial charge in [-0.3, -0.25) is 4.79 Å². The lowest BCUT2D eigenvalue weighted by atomic mass is 10.2. The number of ether oxygens (including phenoxy) is 1. The predicted octanol–water partition coefficient (Wildman–Crippen LogP) is 2.13. The van der Waals surface area contributed by atoms with E-state index < -0.39 is 0 Å². The highest BCUT2D eigenvalue weighted by Gasteiger charge is 2.02. The van der Waals surface area contributed by atoms with Gasteiger partial charge in [0.05, 0.1) is 13.7 Å². The van der Waals surface area contributed by atoms with Gasteiger partial charge in [-0.15, -0.1) is 0 Å². The van der Waals surface area contributed by atoms with Gasteiger partial charge in [-0.2, -0.15) is 0 Å². The molecule has 0 atom stereocenters. The van der Waals surface area contributed by atoms with Crippen molar-refractivity contribution in [1.29, 1.82) is 0 Å². The number of aromatic nitrogens is 1. The van der Waals surface area contributed by atoms with Crippen LogP contribution in [0.3, 0.4) is 0 Å². The zero-order valence-corrected chi connectivity index (χ0v) is 12.2. The second-order valence-electron chi connectivity index (χ2n) is 4.73. The first-order chi connectivity index (χ1) is 10.2. The number of pyridine rings is 1. The molecule has 5 nitrogen and oxygen atoms in total. The fourth-order valence-electron chi connectivity index (χ4n) is 1.88. The third kappa shape index (κ3) is 4.89. The maximum absolute atomic E-state index is 11.8. The molecule has 2 rings (SSSR count). The molecular formula is C16H19N3O2. The van der Waals surface area contributed by atoms with Crippen molar-refractivity contribution in [1.82, 2.24) is 10.3 Å². The average Bonchev–Trinajstić information content (AvgIpc) is 2.48. The fraction of sp³-hybridized carbons (Fsp3) is 0.250. The van der Waals surface area contributed by atoms with Crippen LogP contribution in [-0.2, 0) is 11.3 Å². The molecule has 5 heteroatoms. The Kier molecular flexibility index (Phi) is 5.29. The third-order valence-electron chi connectivity index (χ3n) is 2.92. The van der Waals surface area contributed by atoms with Gasteiger partial charge >= 0.3 is 0 Å². The van der Waals surface area contributed by atoms with Crippen LogP contribution in [0.1, 0.15) is 11.1 Å². The molecule has 1 aromatic carbocycles. The largest absolute Gasteiger partial charge is 0.481 e. The summed E-state index contributed by atoms with van der Waals surface area (Å²) in [5.74, 6) is 0.512. The minimum atomic E-state index is -0.0675. The molecule has 0 unspecified atom stereocenters. The first-order valence-electron chi connectivity index (χ1n) is 6.73. The summed E-state index contributed by atoms with van der Waals surface area (Å²) in [5.41, 5.74) is 2.93.